The lowest BCUT2D eigenvalue weighted by Crippen LogP contribution is -2.38. The van der Waals surface area contributed by atoms with Gasteiger partial charge < -0.3 is 10.4 Å². The summed E-state index contributed by atoms with van der Waals surface area (Å²) in [5, 5.41) is 16.9. The molecule has 100 valence electrons. The molecule has 2 nitrogen and oxygen atoms in total. The highest BCUT2D eigenvalue weighted by molar-refractivity contribution is 6.31. The van der Waals surface area contributed by atoms with Gasteiger partial charge in [0.1, 0.15) is 0 Å². The lowest BCUT2D eigenvalue weighted by atomic mass is 9.92. The molecule has 0 aromatic heterocycles. The molecule has 1 aliphatic heterocycles. The number of rotatable bonds is 2. The standard InChI is InChI=1S/C16H18ClNO/c17-12-7-8-13-11(10-12)4-3-5-14(13)16(19)15-6-1-2-9-18-15/h3-5,7-8,10,15-16,18-19H,1-2,6,9H2. The van der Waals surface area contributed by atoms with E-state index >= 15 is 0 Å². The van der Waals surface area contributed by atoms with Gasteiger partial charge in [0.05, 0.1) is 6.10 Å². The largest absolute Gasteiger partial charge is 0.387 e. The van der Waals surface area contributed by atoms with Crippen LogP contribution in [0, 0.1) is 0 Å². The van der Waals surface area contributed by atoms with Crippen molar-refractivity contribution in [3.8, 4) is 0 Å². The Morgan fingerprint density at radius 3 is 2.89 bits per heavy atom. The van der Waals surface area contributed by atoms with Crippen molar-refractivity contribution in [3.05, 3.63) is 47.0 Å². The van der Waals surface area contributed by atoms with Crippen LogP contribution in [0.15, 0.2) is 36.4 Å². The average Bonchev–Trinajstić information content (AvgIpc) is 2.46. The van der Waals surface area contributed by atoms with Crippen LogP contribution >= 0.6 is 11.6 Å². The summed E-state index contributed by atoms with van der Waals surface area (Å²) in [7, 11) is 0. The number of benzene rings is 2. The first-order valence-corrected chi connectivity index (χ1v) is 7.23. The Bertz CT molecular complexity index is 578. The minimum Gasteiger partial charge on any atom is -0.387 e. The van der Waals surface area contributed by atoms with Crippen molar-refractivity contribution in [1.82, 2.24) is 5.32 Å². The number of aliphatic hydroxyl groups is 1. The maximum Gasteiger partial charge on any atom is 0.0948 e. The number of aliphatic hydroxyl groups excluding tert-OH is 1. The number of fused-ring (bicyclic) bond motifs is 1. The van der Waals surface area contributed by atoms with Crippen molar-refractivity contribution in [2.24, 2.45) is 0 Å². The SMILES string of the molecule is OC(c1cccc2cc(Cl)ccc12)C1CCCCN1. The molecule has 1 saturated heterocycles. The van der Waals surface area contributed by atoms with Gasteiger partial charge in [-0.15, -0.1) is 0 Å². The van der Waals surface area contributed by atoms with Crippen LogP contribution in [0.25, 0.3) is 10.8 Å². The van der Waals surface area contributed by atoms with Crippen LogP contribution in [-0.4, -0.2) is 17.7 Å². The zero-order chi connectivity index (χ0) is 13.2. The highest BCUT2D eigenvalue weighted by atomic mass is 35.5. The minimum absolute atomic E-state index is 0.162. The van der Waals surface area contributed by atoms with E-state index in [4.69, 9.17) is 11.6 Å². The molecule has 0 saturated carbocycles. The van der Waals surface area contributed by atoms with Crippen LogP contribution in [0.5, 0.6) is 0 Å². The quantitative estimate of drug-likeness (QED) is 0.876. The second-order valence-electron chi connectivity index (χ2n) is 5.21. The van der Waals surface area contributed by atoms with Crippen molar-refractivity contribution in [2.75, 3.05) is 6.54 Å². The van der Waals surface area contributed by atoms with Crippen molar-refractivity contribution >= 4 is 22.4 Å². The molecule has 2 aromatic rings. The lowest BCUT2D eigenvalue weighted by molar-refractivity contribution is 0.115. The zero-order valence-corrected chi connectivity index (χ0v) is 11.5. The summed E-state index contributed by atoms with van der Waals surface area (Å²) >= 11 is 6.02. The third-order valence-corrected chi connectivity index (χ3v) is 4.16. The maximum atomic E-state index is 10.6. The topological polar surface area (TPSA) is 32.3 Å². The molecule has 0 bridgehead atoms. The Kier molecular flexibility index (Phi) is 3.74. The second kappa shape index (κ2) is 5.49. The fourth-order valence-electron chi connectivity index (χ4n) is 2.90. The van der Waals surface area contributed by atoms with Gasteiger partial charge in [-0.2, -0.15) is 0 Å². The fraction of sp³-hybridized carbons (Fsp3) is 0.375. The summed E-state index contributed by atoms with van der Waals surface area (Å²) in [6.07, 6.45) is 2.97. The fourth-order valence-corrected chi connectivity index (χ4v) is 3.08. The molecular formula is C16H18ClNO. The molecule has 1 fully saturated rings. The molecule has 0 aliphatic carbocycles. The van der Waals surface area contributed by atoms with E-state index in [1.807, 2.05) is 36.4 Å². The first-order valence-electron chi connectivity index (χ1n) is 6.85. The highest BCUT2D eigenvalue weighted by Gasteiger charge is 2.23. The van der Waals surface area contributed by atoms with E-state index in [-0.39, 0.29) is 6.04 Å². The van der Waals surface area contributed by atoms with E-state index < -0.39 is 6.10 Å². The van der Waals surface area contributed by atoms with E-state index in [1.165, 1.54) is 12.8 Å². The summed E-state index contributed by atoms with van der Waals surface area (Å²) in [6, 6.07) is 12.0. The van der Waals surface area contributed by atoms with Gasteiger partial charge >= 0.3 is 0 Å². The number of hydrogen-bond acceptors (Lipinski definition) is 2. The molecule has 3 heteroatoms. The van der Waals surface area contributed by atoms with Crippen LogP contribution in [-0.2, 0) is 0 Å². The molecule has 2 N–H and O–H groups in total. The van der Waals surface area contributed by atoms with Crippen molar-refractivity contribution in [1.29, 1.82) is 0 Å². The van der Waals surface area contributed by atoms with Crippen LogP contribution in [0.3, 0.4) is 0 Å². The van der Waals surface area contributed by atoms with E-state index in [1.54, 1.807) is 0 Å². The van der Waals surface area contributed by atoms with Crippen LogP contribution in [0.1, 0.15) is 30.9 Å². The molecule has 0 spiro atoms. The molecule has 3 rings (SSSR count). The molecular weight excluding hydrogens is 258 g/mol. The Balaban J connectivity index is 1.99. The summed E-state index contributed by atoms with van der Waals surface area (Å²) in [6.45, 7) is 0.998. The highest BCUT2D eigenvalue weighted by Crippen LogP contribution is 2.30. The Morgan fingerprint density at radius 1 is 1.21 bits per heavy atom. The number of piperidine rings is 1. The molecule has 0 amide bonds. The molecule has 1 aliphatic rings. The first-order chi connectivity index (χ1) is 9.25. The monoisotopic (exact) mass is 275 g/mol. The Hall–Kier alpha value is -1.09. The van der Waals surface area contributed by atoms with E-state index in [0.29, 0.717) is 0 Å². The van der Waals surface area contributed by atoms with Gasteiger partial charge in [-0.05, 0) is 47.9 Å². The van der Waals surface area contributed by atoms with E-state index in [9.17, 15) is 5.11 Å². The van der Waals surface area contributed by atoms with Crippen LogP contribution < -0.4 is 5.32 Å². The lowest BCUT2D eigenvalue weighted by Gasteiger charge is -2.29. The van der Waals surface area contributed by atoms with Gasteiger partial charge in [0.25, 0.3) is 0 Å². The average molecular weight is 276 g/mol. The van der Waals surface area contributed by atoms with E-state index in [0.717, 1.165) is 34.3 Å². The second-order valence-corrected chi connectivity index (χ2v) is 5.65. The van der Waals surface area contributed by atoms with Crippen molar-refractivity contribution in [3.63, 3.8) is 0 Å². The molecule has 2 atom stereocenters. The number of nitrogens with one attached hydrogen (secondary N) is 1. The molecule has 2 unspecified atom stereocenters. The van der Waals surface area contributed by atoms with Crippen molar-refractivity contribution < 1.29 is 5.11 Å². The third-order valence-electron chi connectivity index (χ3n) is 3.92. The van der Waals surface area contributed by atoms with Crippen LogP contribution in [0.2, 0.25) is 5.02 Å². The van der Waals surface area contributed by atoms with Crippen LogP contribution in [0.4, 0.5) is 0 Å². The number of hydrogen-bond donors (Lipinski definition) is 2. The van der Waals surface area contributed by atoms with Gasteiger partial charge in [0.15, 0.2) is 0 Å². The van der Waals surface area contributed by atoms with Gasteiger partial charge in [-0.1, -0.05) is 42.3 Å². The molecule has 2 aromatic carbocycles. The summed E-state index contributed by atoms with van der Waals surface area (Å²) < 4.78 is 0. The Morgan fingerprint density at radius 2 is 2.11 bits per heavy atom. The Labute approximate surface area is 118 Å². The third kappa shape index (κ3) is 2.62. The van der Waals surface area contributed by atoms with Gasteiger partial charge in [0, 0.05) is 11.1 Å². The zero-order valence-electron chi connectivity index (χ0n) is 10.8. The molecule has 1 heterocycles. The number of halogens is 1. The predicted molar refractivity (Wildman–Crippen MR) is 79.6 cm³/mol. The molecule has 0 radical (unpaired) electrons. The smallest absolute Gasteiger partial charge is 0.0948 e. The van der Waals surface area contributed by atoms with E-state index in [2.05, 4.69) is 5.32 Å². The summed E-state index contributed by atoms with van der Waals surface area (Å²) in [4.78, 5) is 0. The first kappa shape index (κ1) is 12.9. The maximum absolute atomic E-state index is 10.6. The van der Waals surface area contributed by atoms with Crippen molar-refractivity contribution in [2.45, 2.75) is 31.4 Å². The summed E-state index contributed by atoms with van der Waals surface area (Å²) in [5.74, 6) is 0. The normalized spacial score (nSPS) is 21.5. The molecule has 19 heavy (non-hydrogen) atoms. The predicted octanol–water partition coefficient (Wildman–Crippen LogP) is 3.67. The minimum atomic E-state index is -0.454. The van der Waals surface area contributed by atoms with Gasteiger partial charge in [-0.25, -0.2) is 0 Å². The van der Waals surface area contributed by atoms with Gasteiger partial charge in [-0.3, -0.25) is 0 Å². The van der Waals surface area contributed by atoms with Gasteiger partial charge in [0.2, 0.25) is 0 Å². The summed E-state index contributed by atoms with van der Waals surface area (Å²) in [5.41, 5.74) is 0.994.